The molecular weight excluding hydrogens is 402 g/mol. The van der Waals surface area contributed by atoms with Crippen LogP contribution in [0.25, 0.3) is 0 Å². The van der Waals surface area contributed by atoms with Gasteiger partial charge in [0, 0.05) is 0 Å². The molecule has 0 aliphatic carbocycles. The first-order valence-electron chi connectivity index (χ1n) is 13.0. The SMILES string of the molecule is CCCCCCCCCCCCCCCOC(=O)c1cccc(C(=O)OCCCCC)n1. The minimum absolute atomic E-state index is 0.150. The van der Waals surface area contributed by atoms with Crippen LogP contribution in [-0.2, 0) is 9.47 Å². The monoisotopic (exact) mass is 447 g/mol. The van der Waals surface area contributed by atoms with Gasteiger partial charge in [-0.3, -0.25) is 0 Å². The van der Waals surface area contributed by atoms with Gasteiger partial charge in [-0.05, 0) is 25.0 Å². The number of carbonyl (C=O) groups excluding carboxylic acids is 2. The van der Waals surface area contributed by atoms with Crippen molar-refractivity contribution in [3.05, 3.63) is 29.6 Å². The second-order valence-electron chi connectivity index (χ2n) is 8.63. The summed E-state index contributed by atoms with van der Waals surface area (Å²) in [4.78, 5) is 28.4. The largest absolute Gasteiger partial charge is 0.461 e. The highest BCUT2D eigenvalue weighted by molar-refractivity contribution is 5.91. The number of nitrogens with zero attached hydrogens (tertiary/aromatic N) is 1. The number of ether oxygens (including phenoxy) is 2. The van der Waals surface area contributed by atoms with Crippen molar-refractivity contribution in [2.24, 2.45) is 0 Å². The van der Waals surface area contributed by atoms with E-state index in [4.69, 9.17) is 9.47 Å². The third-order valence-electron chi connectivity index (χ3n) is 5.63. The van der Waals surface area contributed by atoms with E-state index in [1.54, 1.807) is 18.2 Å². The zero-order valence-electron chi connectivity index (χ0n) is 20.5. The summed E-state index contributed by atoms with van der Waals surface area (Å²) in [5.74, 6) is -0.975. The minimum Gasteiger partial charge on any atom is -0.461 e. The molecule has 1 aromatic rings. The van der Waals surface area contributed by atoms with E-state index < -0.39 is 11.9 Å². The smallest absolute Gasteiger partial charge is 0.356 e. The fraction of sp³-hybridized carbons (Fsp3) is 0.741. The van der Waals surface area contributed by atoms with Gasteiger partial charge in [0.2, 0.25) is 0 Å². The molecule has 0 amide bonds. The molecule has 5 heteroatoms. The molecule has 0 N–H and O–H groups in total. The first kappa shape index (κ1) is 28.1. The number of carbonyl (C=O) groups is 2. The molecule has 5 nitrogen and oxygen atoms in total. The normalized spacial score (nSPS) is 10.8. The van der Waals surface area contributed by atoms with Crippen molar-refractivity contribution >= 4 is 11.9 Å². The predicted molar refractivity (Wildman–Crippen MR) is 130 cm³/mol. The summed E-state index contributed by atoms with van der Waals surface area (Å²) in [5.41, 5.74) is 0.305. The van der Waals surface area contributed by atoms with Crippen molar-refractivity contribution in [3.63, 3.8) is 0 Å². The van der Waals surface area contributed by atoms with Crippen molar-refractivity contribution in [1.82, 2.24) is 4.98 Å². The predicted octanol–water partition coefficient (Wildman–Crippen LogP) is 7.68. The van der Waals surface area contributed by atoms with Crippen LogP contribution in [0.15, 0.2) is 18.2 Å². The first-order chi connectivity index (χ1) is 15.7. The zero-order valence-corrected chi connectivity index (χ0v) is 20.5. The van der Waals surface area contributed by atoms with Gasteiger partial charge in [0.25, 0.3) is 0 Å². The van der Waals surface area contributed by atoms with Crippen LogP contribution in [0.4, 0.5) is 0 Å². The van der Waals surface area contributed by atoms with Crippen LogP contribution in [0.2, 0.25) is 0 Å². The van der Waals surface area contributed by atoms with Crippen LogP contribution >= 0.6 is 0 Å². The maximum absolute atomic E-state index is 12.2. The van der Waals surface area contributed by atoms with Gasteiger partial charge in [0.1, 0.15) is 11.4 Å². The van der Waals surface area contributed by atoms with E-state index in [-0.39, 0.29) is 11.4 Å². The molecule has 32 heavy (non-hydrogen) atoms. The molecule has 0 aliphatic heterocycles. The zero-order chi connectivity index (χ0) is 23.3. The fourth-order valence-electron chi connectivity index (χ4n) is 3.61. The molecule has 0 bridgehead atoms. The highest BCUT2D eigenvalue weighted by Gasteiger charge is 2.14. The van der Waals surface area contributed by atoms with E-state index >= 15 is 0 Å². The van der Waals surface area contributed by atoms with Crippen molar-refractivity contribution < 1.29 is 19.1 Å². The van der Waals surface area contributed by atoms with Crippen molar-refractivity contribution in [2.75, 3.05) is 13.2 Å². The van der Waals surface area contributed by atoms with Gasteiger partial charge in [0.05, 0.1) is 13.2 Å². The third kappa shape index (κ3) is 14.2. The van der Waals surface area contributed by atoms with E-state index in [1.807, 2.05) is 0 Å². The number of aromatic nitrogens is 1. The Bertz CT molecular complexity index is 617. The summed E-state index contributed by atoms with van der Waals surface area (Å²) in [6, 6.07) is 4.77. The van der Waals surface area contributed by atoms with E-state index in [0.717, 1.165) is 32.1 Å². The Morgan fingerprint density at radius 1 is 0.594 bits per heavy atom. The van der Waals surface area contributed by atoms with Crippen molar-refractivity contribution in [2.45, 2.75) is 117 Å². The molecule has 0 atom stereocenters. The Hall–Kier alpha value is -1.91. The third-order valence-corrected chi connectivity index (χ3v) is 5.63. The van der Waals surface area contributed by atoms with Crippen LogP contribution in [0.5, 0.6) is 0 Å². The Morgan fingerprint density at radius 2 is 0.938 bits per heavy atom. The van der Waals surface area contributed by atoms with Crippen LogP contribution < -0.4 is 0 Å². The number of unbranched alkanes of at least 4 members (excludes halogenated alkanes) is 14. The van der Waals surface area contributed by atoms with Gasteiger partial charge in [-0.15, -0.1) is 0 Å². The maximum atomic E-state index is 12.2. The number of esters is 2. The van der Waals surface area contributed by atoms with Crippen molar-refractivity contribution in [3.8, 4) is 0 Å². The summed E-state index contributed by atoms with van der Waals surface area (Å²) >= 11 is 0. The Morgan fingerprint density at radius 3 is 1.38 bits per heavy atom. The summed E-state index contributed by atoms with van der Waals surface area (Å²) in [6.07, 6.45) is 19.6. The van der Waals surface area contributed by atoms with Gasteiger partial charge in [0.15, 0.2) is 0 Å². The molecule has 0 fully saturated rings. The molecule has 1 heterocycles. The average molecular weight is 448 g/mol. The molecule has 0 aliphatic rings. The van der Waals surface area contributed by atoms with Gasteiger partial charge in [-0.2, -0.15) is 0 Å². The molecule has 0 saturated carbocycles. The molecular formula is C27H45NO4. The van der Waals surface area contributed by atoms with E-state index in [1.165, 1.54) is 70.6 Å². The average Bonchev–Trinajstić information content (AvgIpc) is 2.82. The molecule has 182 valence electrons. The second-order valence-corrected chi connectivity index (χ2v) is 8.63. The lowest BCUT2D eigenvalue weighted by Crippen LogP contribution is -2.13. The summed E-state index contributed by atoms with van der Waals surface area (Å²) in [5, 5.41) is 0. The second kappa shape index (κ2) is 19.8. The molecule has 1 rings (SSSR count). The number of hydrogen-bond donors (Lipinski definition) is 0. The molecule has 0 spiro atoms. The first-order valence-corrected chi connectivity index (χ1v) is 13.0. The fourth-order valence-corrected chi connectivity index (χ4v) is 3.61. The molecule has 0 saturated heterocycles. The topological polar surface area (TPSA) is 65.5 Å². The summed E-state index contributed by atoms with van der Waals surface area (Å²) < 4.78 is 10.5. The quantitative estimate of drug-likeness (QED) is 0.151. The van der Waals surface area contributed by atoms with E-state index in [2.05, 4.69) is 18.8 Å². The van der Waals surface area contributed by atoms with E-state index in [9.17, 15) is 9.59 Å². The highest BCUT2D eigenvalue weighted by Crippen LogP contribution is 2.13. The summed E-state index contributed by atoms with van der Waals surface area (Å²) in [6.45, 7) is 5.12. The molecule has 1 aromatic heterocycles. The maximum Gasteiger partial charge on any atom is 0.356 e. The van der Waals surface area contributed by atoms with Crippen LogP contribution in [0.1, 0.15) is 138 Å². The number of hydrogen-bond acceptors (Lipinski definition) is 5. The Labute approximate surface area is 195 Å². The van der Waals surface area contributed by atoms with Gasteiger partial charge in [-0.25, -0.2) is 14.6 Å². The Kier molecular flexibility index (Phi) is 17.4. The van der Waals surface area contributed by atoms with Gasteiger partial charge in [-0.1, -0.05) is 110 Å². The van der Waals surface area contributed by atoms with Gasteiger partial charge < -0.3 is 9.47 Å². The molecule has 0 aromatic carbocycles. The van der Waals surface area contributed by atoms with Gasteiger partial charge >= 0.3 is 11.9 Å². The van der Waals surface area contributed by atoms with Crippen molar-refractivity contribution in [1.29, 1.82) is 0 Å². The Balaban J connectivity index is 2.07. The molecule has 0 unspecified atom stereocenters. The lowest BCUT2D eigenvalue weighted by molar-refractivity contribution is 0.0482. The lowest BCUT2D eigenvalue weighted by Gasteiger charge is -2.07. The summed E-state index contributed by atoms with van der Waals surface area (Å²) in [7, 11) is 0. The van der Waals surface area contributed by atoms with Crippen LogP contribution in [0, 0.1) is 0 Å². The number of rotatable bonds is 20. The van der Waals surface area contributed by atoms with Crippen LogP contribution in [0.3, 0.4) is 0 Å². The van der Waals surface area contributed by atoms with Crippen LogP contribution in [-0.4, -0.2) is 30.1 Å². The molecule has 0 radical (unpaired) electrons. The highest BCUT2D eigenvalue weighted by atomic mass is 16.5. The van der Waals surface area contributed by atoms with E-state index in [0.29, 0.717) is 13.2 Å². The standard InChI is InChI=1S/C27H45NO4/c1-3-5-7-8-9-10-11-12-13-14-15-16-18-23-32-27(30)25-21-19-20-24(28-25)26(29)31-22-17-6-4-2/h19-21H,3-18,22-23H2,1-2H3. The minimum atomic E-state index is -0.493. The lowest BCUT2D eigenvalue weighted by atomic mass is 10.0. The number of pyridine rings is 1.